The van der Waals surface area contributed by atoms with Gasteiger partial charge in [0.15, 0.2) is 0 Å². The molecule has 80 valence electrons. The monoisotopic (exact) mass is 204 g/mol. The van der Waals surface area contributed by atoms with Gasteiger partial charge in [-0.15, -0.1) is 11.6 Å². The van der Waals surface area contributed by atoms with Crippen LogP contribution in [0.25, 0.3) is 0 Å². The second-order valence-electron chi connectivity index (χ2n) is 5.99. The van der Waals surface area contributed by atoms with Gasteiger partial charge in [-0.1, -0.05) is 34.1 Å². The van der Waals surface area contributed by atoms with Gasteiger partial charge >= 0.3 is 0 Å². The van der Waals surface area contributed by atoms with Gasteiger partial charge in [0.1, 0.15) is 0 Å². The van der Waals surface area contributed by atoms with Crippen molar-refractivity contribution in [3.8, 4) is 0 Å². The van der Waals surface area contributed by atoms with E-state index in [1.54, 1.807) is 0 Å². The zero-order valence-corrected chi connectivity index (χ0v) is 10.8. The van der Waals surface area contributed by atoms with E-state index in [1.165, 1.54) is 12.8 Å². The molecule has 1 heteroatoms. The van der Waals surface area contributed by atoms with Crippen LogP contribution < -0.4 is 0 Å². The second-order valence-corrected chi connectivity index (χ2v) is 7.02. The SMILES string of the molecule is CC(C)CCC(C)(C)CC(C)(C)Cl. The van der Waals surface area contributed by atoms with Crippen LogP contribution in [-0.2, 0) is 0 Å². The Kier molecular flexibility index (Phi) is 4.79. The molecule has 0 aromatic carbocycles. The van der Waals surface area contributed by atoms with Gasteiger partial charge in [-0.2, -0.15) is 0 Å². The second kappa shape index (κ2) is 4.68. The molecular formula is C12H25Cl. The molecular weight excluding hydrogens is 180 g/mol. The topological polar surface area (TPSA) is 0 Å². The number of rotatable bonds is 5. The summed E-state index contributed by atoms with van der Waals surface area (Å²) in [5.74, 6) is 0.803. The number of hydrogen-bond acceptors (Lipinski definition) is 0. The van der Waals surface area contributed by atoms with Crippen LogP contribution >= 0.6 is 11.6 Å². The molecule has 0 aliphatic heterocycles. The van der Waals surface area contributed by atoms with Gasteiger partial charge in [0.2, 0.25) is 0 Å². The highest BCUT2D eigenvalue weighted by molar-refractivity contribution is 6.23. The normalized spacial score (nSPS) is 13.8. The van der Waals surface area contributed by atoms with E-state index < -0.39 is 0 Å². The third-order valence-corrected chi connectivity index (χ3v) is 2.43. The van der Waals surface area contributed by atoms with Crippen LogP contribution in [0, 0.1) is 11.3 Å². The van der Waals surface area contributed by atoms with Gasteiger partial charge in [-0.3, -0.25) is 0 Å². The summed E-state index contributed by atoms with van der Waals surface area (Å²) in [5, 5.41) is 0. The number of alkyl halides is 1. The van der Waals surface area contributed by atoms with E-state index in [4.69, 9.17) is 11.6 Å². The average molecular weight is 205 g/mol. The predicted molar refractivity (Wildman–Crippen MR) is 62.4 cm³/mol. The fraction of sp³-hybridized carbons (Fsp3) is 1.00. The lowest BCUT2D eigenvalue weighted by atomic mass is 9.78. The molecule has 0 rings (SSSR count). The van der Waals surface area contributed by atoms with E-state index >= 15 is 0 Å². The predicted octanol–water partition coefficient (Wildman–Crippen LogP) is 4.86. The Morgan fingerprint density at radius 1 is 1.08 bits per heavy atom. The van der Waals surface area contributed by atoms with Gasteiger partial charge in [0.25, 0.3) is 0 Å². The first kappa shape index (κ1) is 13.3. The molecule has 0 radical (unpaired) electrons. The molecule has 0 saturated heterocycles. The van der Waals surface area contributed by atoms with Crippen molar-refractivity contribution in [2.75, 3.05) is 0 Å². The summed E-state index contributed by atoms with van der Waals surface area (Å²) < 4.78 is 0. The average Bonchev–Trinajstić information content (AvgIpc) is 1.78. The third-order valence-electron chi connectivity index (χ3n) is 2.30. The molecule has 0 nitrogen and oxygen atoms in total. The van der Waals surface area contributed by atoms with E-state index in [2.05, 4.69) is 41.5 Å². The van der Waals surface area contributed by atoms with Crippen molar-refractivity contribution in [1.29, 1.82) is 0 Å². The Morgan fingerprint density at radius 3 is 1.85 bits per heavy atom. The highest BCUT2D eigenvalue weighted by Gasteiger charge is 2.26. The third kappa shape index (κ3) is 8.62. The molecule has 0 aromatic heterocycles. The molecule has 0 aromatic rings. The minimum atomic E-state index is -0.0551. The molecule has 0 fully saturated rings. The zero-order valence-electron chi connectivity index (χ0n) is 10.1. The molecule has 0 N–H and O–H groups in total. The van der Waals surface area contributed by atoms with Crippen molar-refractivity contribution in [3.63, 3.8) is 0 Å². The summed E-state index contributed by atoms with van der Waals surface area (Å²) in [5.41, 5.74) is 0.384. The number of hydrogen-bond donors (Lipinski definition) is 0. The van der Waals surface area contributed by atoms with Crippen molar-refractivity contribution in [3.05, 3.63) is 0 Å². The lowest BCUT2D eigenvalue weighted by Gasteiger charge is -2.31. The summed E-state index contributed by atoms with van der Waals surface area (Å²) in [6.45, 7) is 13.4. The molecule has 0 heterocycles. The first-order chi connectivity index (χ1) is 5.62. The summed E-state index contributed by atoms with van der Waals surface area (Å²) in [6.07, 6.45) is 3.68. The largest absolute Gasteiger partial charge is 0.120 e. The summed E-state index contributed by atoms with van der Waals surface area (Å²) in [6, 6.07) is 0. The van der Waals surface area contributed by atoms with Gasteiger partial charge in [-0.25, -0.2) is 0 Å². The van der Waals surface area contributed by atoms with Gasteiger partial charge in [0, 0.05) is 4.87 Å². The Balaban J connectivity index is 3.94. The van der Waals surface area contributed by atoms with E-state index in [1.807, 2.05) is 0 Å². The fourth-order valence-electron chi connectivity index (χ4n) is 1.91. The van der Waals surface area contributed by atoms with E-state index in [0.717, 1.165) is 12.3 Å². The first-order valence-electron chi connectivity index (χ1n) is 5.31. The quantitative estimate of drug-likeness (QED) is 0.562. The van der Waals surface area contributed by atoms with Crippen LogP contribution in [0.15, 0.2) is 0 Å². The van der Waals surface area contributed by atoms with Crippen molar-refractivity contribution in [2.45, 2.75) is 65.7 Å². The lowest BCUT2D eigenvalue weighted by molar-refractivity contribution is 0.257. The van der Waals surface area contributed by atoms with E-state index in [-0.39, 0.29) is 4.87 Å². The first-order valence-corrected chi connectivity index (χ1v) is 5.69. The van der Waals surface area contributed by atoms with Crippen LogP contribution in [0.2, 0.25) is 0 Å². The Labute approximate surface area is 89.1 Å². The minimum absolute atomic E-state index is 0.0551. The maximum Gasteiger partial charge on any atom is 0.0395 e. The lowest BCUT2D eigenvalue weighted by Crippen LogP contribution is -2.23. The van der Waals surface area contributed by atoms with E-state index in [0.29, 0.717) is 5.41 Å². The highest BCUT2D eigenvalue weighted by atomic mass is 35.5. The Bertz CT molecular complexity index is 140. The molecule has 0 bridgehead atoms. The molecule has 0 aliphatic rings. The zero-order chi connectivity index (χ0) is 10.7. The van der Waals surface area contributed by atoms with Crippen LogP contribution in [0.4, 0.5) is 0 Å². The van der Waals surface area contributed by atoms with Gasteiger partial charge in [0.05, 0.1) is 0 Å². The van der Waals surface area contributed by atoms with Crippen LogP contribution in [0.1, 0.15) is 60.8 Å². The van der Waals surface area contributed by atoms with E-state index in [9.17, 15) is 0 Å². The van der Waals surface area contributed by atoms with Crippen molar-refractivity contribution < 1.29 is 0 Å². The standard InChI is InChI=1S/C12H25Cl/c1-10(2)7-8-11(3,4)9-12(5,6)13/h10H,7-9H2,1-6H3. The molecule has 0 spiro atoms. The van der Waals surface area contributed by atoms with Gasteiger partial charge in [-0.05, 0) is 38.0 Å². The molecule has 0 aliphatic carbocycles. The van der Waals surface area contributed by atoms with Crippen LogP contribution in [-0.4, -0.2) is 4.87 Å². The fourth-order valence-corrected chi connectivity index (χ4v) is 2.27. The van der Waals surface area contributed by atoms with Crippen molar-refractivity contribution >= 4 is 11.6 Å². The Morgan fingerprint density at radius 2 is 1.54 bits per heavy atom. The molecule has 13 heavy (non-hydrogen) atoms. The maximum atomic E-state index is 6.23. The van der Waals surface area contributed by atoms with Crippen LogP contribution in [0.5, 0.6) is 0 Å². The molecule has 0 amide bonds. The summed E-state index contributed by atoms with van der Waals surface area (Å²) >= 11 is 6.23. The minimum Gasteiger partial charge on any atom is -0.120 e. The molecule has 0 atom stereocenters. The smallest absolute Gasteiger partial charge is 0.0395 e. The van der Waals surface area contributed by atoms with Gasteiger partial charge < -0.3 is 0 Å². The summed E-state index contributed by atoms with van der Waals surface area (Å²) in [7, 11) is 0. The van der Waals surface area contributed by atoms with Crippen molar-refractivity contribution in [1.82, 2.24) is 0 Å². The van der Waals surface area contributed by atoms with Crippen molar-refractivity contribution in [2.24, 2.45) is 11.3 Å². The van der Waals surface area contributed by atoms with Crippen LogP contribution in [0.3, 0.4) is 0 Å². The highest BCUT2D eigenvalue weighted by Crippen LogP contribution is 2.36. The number of halogens is 1. The summed E-state index contributed by atoms with van der Waals surface area (Å²) in [4.78, 5) is -0.0551. The Hall–Kier alpha value is 0.290. The molecule has 0 unspecified atom stereocenters. The maximum absolute atomic E-state index is 6.23. The molecule has 0 saturated carbocycles.